The number of hydrogen-bond acceptors (Lipinski definition) is 8. The second-order valence-corrected chi connectivity index (χ2v) is 13.5. The number of benzene rings is 1. The maximum atomic E-state index is 13.5. The third-order valence-electron chi connectivity index (χ3n) is 10.5. The first-order valence-electron chi connectivity index (χ1n) is 16.6. The van der Waals surface area contributed by atoms with Gasteiger partial charge in [-0.1, -0.05) is 6.07 Å². The highest BCUT2D eigenvalue weighted by molar-refractivity contribution is 6.36. The molecule has 14 nitrogen and oxygen atoms in total. The van der Waals surface area contributed by atoms with Crippen molar-refractivity contribution in [2.75, 3.05) is 12.4 Å². The van der Waals surface area contributed by atoms with Gasteiger partial charge in [-0.15, -0.1) is 0 Å². The van der Waals surface area contributed by atoms with Crippen molar-refractivity contribution in [3.05, 3.63) is 64.8 Å². The third-order valence-corrected chi connectivity index (χ3v) is 10.5. The Morgan fingerprint density at radius 1 is 0.980 bits per heavy atom. The van der Waals surface area contributed by atoms with Crippen molar-refractivity contribution in [1.82, 2.24) is 20.5 Å². The molecule has 4 saturated carbocycles. The number of hydrogen-bond donors (Lipinski definition) is 5. The lowest BCUT2D eigenvalue weighted by molar-refractivity contribution is -0.137. The Morgan fingerprint density at radius 3 is 2.37 bits per heavy atom. The second-order valence-electron chi connectivity index (χ2n) is 13.5. The maximum absolute atomic E-state index is 13.5. The molecule has 3 aromatic rings. The number of Topliss-reactive ketones (excluding diaryl/α,β-unsaturated/α-hetero) is 1. The first-order chi connectivity index (χ1) is 23.5. The van der Waals surface area contributed by atoms with Gasteiger partial charge in [-0.3, -0.25) is 33.6 Å². The highest BCUT2D eigenvalue weighted by atomic mass is 16.3. The van der Waals surface area contributed by atoms with Gasteiger partial charge in [-0.2, -0.15) is 0 Å². The Kier molecular flexibility index (Phi) is 9.65. The van der Waals surface area contributed by atoms with Gasteiger partial charge < -0.3 is 36.0 Å². The molecule has 4 fully saturated rings. The van der Waals surface area contributed by atoms with Crippen LogP contribution in [0.25, 0.3) is 11.0 Å². The molecule has 0 spiro atoms. The van der Waals surface area contributed by atoms with Crippen molar-refractivity contribution < 1.29 is 33.2 Å². The molecule has 4 aliphatic rings. The van der Waals surface area contributed by atoms with Gasteiger partial charge in [0, 0.05) is 43.1 Å². The van der Waals surface area contributed by atoms with Crippen molar-refractivity contribution >= 4 is 52.0 Å². The van der Waals surface area contributed by atoms with E-state index in [1.807, 2.05) is 0 Å². The molecule has 6 N–H and O–H groups in total. The number of nitrogens with two attached hydrogens (primary N) is 1. The summed E-state index contributed by atoms with van der Waals surface area (Å²) in [6, 6.07) is 8.12. The predicted octanol–water partition coefficient (Wildman–Crippen LogP) is 1.47. The zero-order valence-electron chi connectivity index (χ0n) is 27.1. The largest absolute Gasteiger partial charge is 0.464 e. The maximum Gasteiger partial charge on any atom is 0.287 e. The minimum Gasteiger partial charge on any atom is -0.464 e. The van der Waals surface area contributed by atoms with E-state index in [9.17, 15) is 33.6 Å². The number of carbonyl (C=O) groups is 6. The zero-order valence-corrected chi connectivity index (χ0v) is 27.1. The molecule has 4 bridgehead atoms. The topological polar surface area (TPSA) is 212 Å². The molecule has 5 amide bonds. The van der Waals surface area contributed by atoms with Crippen LogP contribution in [-0.4, -0.2) is 59.0 Å². The first kappa shape index (κ1) is 33.6. The summed E-state index contributed by atoms with van der Waals surface area (Å²) >= 11 is 0. The molecule has 49 heavy (non-hydrogen) atoms. The summed E-state index contributed by atoms with van der Waals surface area (Å²) in [4.78, 5) is 88.8. The molecular formula is C35H40N6O8. The molecule has 0 radical (unpaired) electrons. The van der Waals surface area contributed by atoms with Gasteiger partial charge >= 0.3 is 0 Å². The Labute approximate surface area is 281 Å². The summed E-state index contributed by atoms with van der Waals surface area (Å²) in [5, 5.41) is 11.3. The highest BCUT2D eigenvalue weighted by Gasteiger charge is 2.53. The van der Waals surface area contributed by atoms with Crippen LogP contribution in [0.4, 0.5) is 5.69 Å². The van der Waals surface area contributed by atoms with Crippen molar-refractivity contribution in [1.29, 1.82) is 0 Å². The number of aromatic nitrogens is 1. The van der Waals surface area contributed by atoms with E-state index >= 15 is 0 Å². The van der Waals surface area contributed by atoms with Crippen molar-refractivity contribution in [3.8, 4) is 0 Å². The summed E-state index contributed by atoms with van der Waals surface area (Å²) < 4.78 is 6.56. The number of fused-ring (bicyclic) bond motifs is 1. The standard InChI is InChI=1S/C35H40N6O8/c1-37-34(47)27(42)7-6-25(38-32(45)19-5-4-18-8-10-49-28(18)15-19)33(46)39-26-3-2-9-41(35(26)48)17-30(44)40-31-22-11-20-12-23(31)14-21(13-22)24(20)16-29(36)43/h2-5,8-10,15,20-25,31H,6-7,11-14,16-17H2,1H3,(H2,36,43)(H,37,47)(H,38,45)(H,39,46)(H,40,44)/t20?,21?,22?,23?,24?,25-,31?/m0/s1. The number of carbonyl (C=O) groups excluding carboxylic acids is 6. The number of pyridine rings is 1. The average molecular weight is 673 g/mol. The number of rotatable bonds is 13. The molecule has 7 rings (SSSR count). The molecule has 4 aliphatic carbocycles. The van der Waals surface area contributed by atoms with Crippen LogP contribution in [0.3, 0.4) is 0 Å². The van der Waals surface area contributed by atoms with E-state index in [1.165, 1.54) is 42.3 Å². The fourth-order valence-electron chi connectivity index (χ4n) is 8.29. The molecule has 0 aliphatic heterocycles. The molecule has 14 heteroatoms. The van der Waals surface area contributed by atoms with Gasteiger partial charge in [0.25, 0.3) is 17.4 Å². The third kappa shape index (κ3) is 7.27. The van der Waals surface area contributed by atoms with Crippen LogP contribution in [0.5, 0.6) is 0 Å². The van der Waals surface area contributed by atoms with E-state index in [1.54, 1.807) is 18.2 Å². The van der Waals surface area contributed by atoms with Crippen molar-refractivity contribution in [2.24, 2.45) is 35.3 Å². The van der Waals surface area contributed by atoms with E-state index in [-0.39, 0.29) is 48.5 Å². The SMILES string of the molecule is CNC(=O)C(=O)CC[C@H](NC(=O)c1ccc2ccoc2c1)C(=O)Nc1cccn(CC(=O)NC2C3CC4CC2CC(C3)C4CC(N)=O)c1=O. The van der Waals surface area contributed by atoms with Gasteiger partial charge in [0.1, 0.15) is 23.9 Å². The lowest BCUT2D eigenvalue weighted by atomic mass is 9.49. The van der Waals surface area contributed by atoms with Crippen LogP contribution in [0.1, 0.15) is 55.3 Å². The normalized spacial score (nSPS) is 24.2. The van der Waals surface area contributed by atoms with E-state index in [0.717, 1.165) is 31.1 Å². The van der Waals surface area contributed by atoms with Crippen LogP contribution in [0.15, 0.2) is 58.1 Å². The van der Waals surface area contributed by atoms with Crippen molar-refractivity contribution in [2.45, 2.75) is 63.6 Å². The van der Waals surface area contributed by atoms with Crippen LogP contribution in [-0.2, 0) is 30.5 Å². The number of furan rings is 1. The van der Waals surface area contributed by atoms with Gasteiger partial charge in [-0.25, -0.2) is 0 Å². The number of nitrogens with one attached hydrogen (secondary N) is 4. The van der Waals surface area contributed by atoms with Gasteiger partial charge in [0.15, 0.2) is 0 Å². The van der Waals surface area contributed by atoms with Gasteiger partial charge in [0.05, 0.1) is 6.26 Å². The summed E-state index contributed by atoms with van der Waals surface area (Å²) in [5.41, 5.74) is 5.43. The van der Waals surface area contributed by atoms with Crippen LogP contribution >= 0.6 is 0 Å². The van der Waals surface area contributed by atoms with E-state index in [0.29, 0.717) is 41.6 Å². The Morgan fingerprint density at radius 2 is 1.69 bits per heavy atom. The molecule has 1 aromatic carbocycles. The minimum absolute atomic E-state index is 0.00322. The number of likely N-dealkylation sites (N-methyl/N-ethyl adjacent to an activating group) is 1. The molecule has 0 unspecified atom stereocenters. The average Bonchev–Trinajstić information content (AvgIpc) is 3.54. The highest BCUT2D eigenvalue weighted by Crippen LogP contribution is 2.57. The summed E-state index contributed by atoms with van der Waals surface area (Å²) in [6.07, 6.45) is 6.58. The summed E-state index contributed by atoms with van der Waals surface area (Å²) in [5.74, 6) is -1.73. The number of anilines is 1. The summed E-state index contributed by atoms with van der Waals surface area (Å²) in [6.45, 7) is -0.258. The minimum atomic E-state index is -1.29. The lowest BCUT2D eigenvalue weighted by Crippen LogP contribution is -2.59. The van der Waals surface area contributed by atoms with Gasteiger partial charge in [0.2, 0.25) is 23.5 Å². The number of nitrogens with zero attached hydrogens (tertiary/aromatic N) is 1. The predicted molar refractivity (Wildman–Crippen MR) is 177 cm³/mol. The fourth-order valence-corrected chi connectivity index (χ4v) is 8.29. The number of primary amides is 1. The Bertz CT molecular complexity index is 1830. The molecule has 1 atom stereocenters. The van der Waals surface area contributed by atoms with Gasteiger partial charge in [-0.05, 0) is 92.0 Å². The Hall–Kier alpha value is -5.27. The molecule has 2 aromatic heterocycles. The molecule has 258 valence electrons. The lowest BCUT2D eigenvalue weighted by Gasteiger charge is -2.58. The Balaban J connectivity index is 1.11. The molecular weight excluding hydrogens is 632 g/mol. The first-order valence-corrected chi connectivity index (χ1v) is 16.6. The quantitative estimate of drug-likeness (QED) is 0.167. The molecule has 2 heterocycles. The zero-order chi connectivity index (χ0) is 34.8. The van der Waals surface area contributed by atoms with E-state index < -0.39 is 35.1 Å². The summed E-state index contributed by atoms with van der Waals surface area (Å²) in [7, 11) is 1.31. The molecule has 0 saturated heterocycles. The van der Waals surface area contributed by atoms with Crippen LogP contribution in [0, 0.1) is 29.6 Å². The van der Waals surface area contributed by atoms with E-state index in [4.69, 9.17) is 10.2 Å². The van der Waals surface area contributed by atoms with E-state index in [2.05, 4.69) is 21.3 Å². The second kappa shape index (κ2) is 14.1. The van der Waals surface area contributed by atoms with Crippen molar-refractivity contribution in [3.63, 3.8) is 0 Å². The number of amides is 5. The van der Waals surface area contributed by atoms with Crippen LogP contribution < -0.4 is 32.6 Å². The number of ketones is 1. The smallest absolute Gasteiger partial charge is 0.287 e. The van der Waals surface area contributed by atoms with Crippen LogP contribution in [0.2, 0.25) is 0 Å². The monoisotopic (exact) mass is 672 g/mol. The fraction of sp³-hybridized carbons (Fsp3) is 0.457.